The summed E-state index contributed by atoms with van der Waals surface area (Å²) in [7, 11) is 1.40. The predicted octanol–water partition coefficient (Wildman–Crippen LogP) is 3.83. The van der Waals surface area contributed by atoms with E-state index in [0.717, 1.165) is 44.0 Å². The van der Waals surface area contributed by atoms with Crippen LogP contribution in [0.25, 0.3) is 0 Å². The molecule has 15 heteroatoms. The fourth-order valence-corrected chi connectivity index (χ4v) is 7.85. The Morgan fingerprint density at radius 2 is 1.84 bits per heavy atom. The van der Waals surface area contributed by atoms with Gasteiger partial charge in [-0.3, -0.25) is 14.7 Å². The molecule has 0 saturated heterocycles. The maximum absolute atomic E-state index is 13.8. The second-order valence-corrected chi connectivity index (χ2v) is 12.2. The normalized spacial score (nSPS) is 30.3. The number of halogens is 4. The Morgan fingerprint density at radius 3 is 2.53 bits per heavy atom. The van der Waals surface area contributed by atoms with Crippen molar-refractivity contribution >= 4 is 23.3 Å². The summed E-state index contributed by atoms with van der Waals surface area (Å²) < 4.78 is 58.9. The van der Waals surface area contributed by atoms with Gasteiger partial charge in [0, 0.05) is 22.7 Å². The number of nitrogens with one attached hydrogen (secondary N) is 4. The van der Waals surface area contributed by atoms with Crippen molar-refractivity contribution in [2.24, 2.45) is 17.8 Å². The number of rotatable bonds is 8. The molecule has 4 atom stereocenters. The first kappa shape index (κ1) is 27.5. The van der Waals surface area contributed by atoms with Crippen LogP contribution in [0.4, 0.5) is 29.1 Å². The van der Waals surface area contributed by atoms with Crippen LogP contribution >= 0.6 is 0 Å². The molecule has 0 unspecified atom stereocenters. The van der Waals surface area contributed by atoms with Crippen molar-refractivity contribution in [2.45, 2.75) is 61.7 Å². The van der Waals surface area contributed by atoms with Crippen LogP contribution in [-0.2, 0) is 16.4 Å². The number of aromatic nitrogens is 5. The first-order valence-corrected chi connectivity index (χ1v) is 14.0. The summed E-state index contributed by atoms with van der Waals surface area (Å²) in [4.78, 5) is 40.0. The summed E-state index contributed by atoms with van der Waals surface area (Å²) in [5, 5.41) is 15.8. The molecule has 0 spiro atoms. The minimum Gasteiger partial charge on any atom is -0.480 e. The lowest BCUT2D eigenvalue weighted by Gasteiger charge is -2.69. The molecule has 2 amide bonds. The van der Waals surface area contributed by atoms with Crippen LogP contribution in [0.15, 0.2) is 30.9 Å². The number of hydrogen-bond acceptors (Lipinski definition) is 8. The average molecular weight is 601 g/mol. The molecule has 0 aliphatic heterocycles. The fourth-order valence-electron chi connectivity index (χ4n) is 7.85. The largest absolute Gasteiger partial charge is 0.480 e. The van der Waals surface area contributed by atoms with Gasteiger partial charge >= 0.3 is 6.18 Å². The molecule has 5 aliphatic carbocycles. The topological polar surface area (TPSA) is 147 Å². The molecule has 5 saturated carbocycles. The number of anilines is 2. The molecule has 1 aromatic carbocycles. The van der Waals surface area contributed by atoms with Gasteiger partial charge in [-0.25, -0.2) is 19.3 Å². The van der Waals surface area contributed by atoms with Crippen LogP contribution < -0.4 is 20.7 Å². The number of nitrogens with zero attached hydrogens (tertiary/aromatic N) is 4. The van der Waals surface area contributed by atoms with Crippen LogP contribution in [0.2, 0.25) is 0 Å². The SMILES string of the molecule is COc1ncnc(NC23CC(c4ncn[nH]4)(C2)C3)c1C(=O)N[C@@H]1[C@H]2CC[C@H](C2)[C@@H]1C(=O)Nc1ccc(F)c(C(F)(F)F)c1. The van der Waals surface area contributed by atoms with Crippen molar-refractivity contribution < 1.29 is 31.9 Å². The summed E-state index contributed by atoms with van der Waals surface area (Å²) in [5.74, 6) is -1.99. The van der Waals surface area contributed by atoms with E-state index in [1.807, 2.05) is 0 Å². The molecule has 43 heavy (non-hydrogen) atoms. The lowest BCUT2D eigenvalue weighted by atomic mass is 9.39. The Bertz CT molecular complexity index is 1580. The number of carbonyl (C=O) groups is 2. The Morgan fingerprint density at radius 1 is 1.07 bits per heavy atom. The molecular weight excluding hydrogens is 572 g/mol. The summed E-state index contributed by atoms with van der Waals surface area (Å²) >= 11 is 0. The number of hydrogen-bond donors (Lipinski definition) is 4. The maximum atomic E-state index is 13.8. The van der Waals surface area contributed by atoms with E-state index in [0.29, 0.717) is 24.4 Å². The van der Waals surface area contributed by atoms with Crippen molar-refractivity contribution in [2.75, 3.05) is 17.7 Å². The van der Waals surface area contributed by atoms with Gasteiger partial charge in [-0.2, -0.15) is 18.3 Å². The third kappa shape index (κ3) is 4.47. The first-order valence-electron chi connectivity index (χ1n) is 14.0. The number of H-pyrrole nitrogens is 1. The van der Waals surface area contributed by atoms with E-state index < -0.39 is 41.3 Å². The smallest absolute Gasteiger partial charge is 0.419 e. The van der Waals surface area contributed by atoms with Gasteiger partial charge in [-0.15, -0.1) is 0 Å². The Balaban J connectivity index is 1.09. The molecule has 5 fully saturated rings. The van der Waals surface area contributed by atoms with Gasteiger partial charge in [-0.1, -0.05) is 0 Å². The predicted molar refractivity (Wildman–Crippen MR) is 142 cm³/mol. The summed E-state index contributed by atoms with van der Waals surface area (Å²) in [5.41, 5.74) is -1.86. The van der Waals surface area contributed by atoms with E-state index in [2.05, 4.69) is 41.1 Å². The molecule has 226 valence electrons. The van der Waals surface area contributed by atoms with Crippen LogP contribution in [0, 0.1) is 23.6 Å². The zero-order chi connectivity index (χ0) is 30.1. The van der Waals surface area contributed by atoms with E-state index in [4.69, 9.17) is 4.74 Å². The molecule has 0 radical (unpaired) electrons. The van der Waals surface area contributed by atoms with Gasteiger partial charge in [-0.05, 0) is 68.6 Å². The number of carbonyl (C=O) groups excluding carboxylic acids is 2. The van der Waals surface area contributed by atoms with Crippen LogP contribution in [0.1, 0.15) is 60.3 Å². The highest BCUT2D eigenvalue weighted by Crippen LogP contribution is 2.68. The van der Waals surface area contributed by atoms with Crippen molar-refractivity contribution in [3.8, 4) is 5.88 Å². The van der Waals surface area contributed by atoms with Gasteiger partial charge < -0.3 is 20.7 Å². The molecule has 5 aliphatic rings. The Labute approximate surface area is 242 Å². The molecule has 4 N–H and O–H groups in total. The number of amides is 2. The number of alkyl halides is 3. The second-order valence-electron chi connectivity index (χ2n) is 12.2. The fraction of sp³-hybridized carbons (Fsp3) is 0.500. The highest BCUT2D eigenvalue weighted by molar-refractivity contribution is 6.02. The molecule has 4 bridgehead atoms. The monoisotopic (exact) mass is 600 g/mol. The van der Waals surface area contributed by atoms with E-state index in [1.54, 1.807) is 0 Å². The summed E-state index contributed by atoms with van der Waals surface area (Å²) in [6.45, 7) is 0. The van der Waals surface area contributed by atoms with Crippen molar-refractivity contribution in [3.05, 3.63) is 53.6 Å². The Hall–Kier alpha value is -4.30. The van der Waals surface area contributed by atoms with Crippen LogP contribution in [-0.4, -0.2) is 55.7 Å². The number of fused-ring (bicyclic) bond motifs is 2. The highest BCUT2D eigenvalue weighted by atomic mass is 19.4. The molecular formula is C28H28F4N8O3. The maximum Gasteiger partial charge on any atom is 0.419 e. The minimum absolute atomic E-state index is 0.00932. The van der Waals surface area contributed by atoms with Crippen molar-refractivity contribution in [1.29, 1.82) is 0 Å². The standard InChI is InChI=1S/C28H28F4N8O3/c1-43-24-19(21(33-11-34-24)39-27-8-26(9-27,10-27)25-35-12-36-40-25)23(42)38-20-14-3-2-13(6-14)18(20)22(41)37-15-4-5-17(29)16(7-15)28(30,31)32/h4-5,7,11-14,18,20H,2-3,6,8-10H2,1H3,(H,37,41)(H,38,42)(H,33,34,39)(H,35,36,40)/t13-,14+,18+,20-,26?,27?/m1/s1. The average Bonchev–Trinajstić information content (AvgIpc) is 3.69. The summed E-state index contributed by atoms with van der Waals surface area (Å²) in [6.07, 6.45) is 2.50. The lowest BCUT2D eigenvalue weighted by molar-refractivity contribution is -0.140. The van der Waals surface area contributed by atoms with Gasteiger partial charge in [0.15, 0.2) is 0 Å². The Kier molecular flexibility index (Phi) is 6.15. The second kappa shape index (κ2) is 9.61. The van der Waals surface area contributed by atoms with E-state index in [-0.39, 0.29) is 39.9 Å². The van der Waals surface area contributed by atoms with E-state index in [9.17, 15) is 27.2 Å². The molecule has 8 rings (SSSR count). The van der Waals surface area contributed by atoms with Crippen LogP contribution in [0.5, 0.6) is 5.88 Å². The molecule has 3 aromatic rings. The van der Waals surface area contributed by atoms with Crippen LogP contribution in [0.3, 0.4) is 0 Å². The highest BCUT2D eigenvalue weighted by Gasteiger charge is 2.70. The lowest BCUT2D eigenvalue weighted by Crippen LogP contribution is -2.73. The van der Waals surface area contributed by atoms with Gasteiger partial charge in [0.1, 0.15) is 35.7 Å². The zero-order valence-corrected chi connectivity index (χ0v) is 23.0. The first-order chi connectivity index (χ1) is 20.5. The van der Waals surface area contributed by atoms with Gasteiger partial charge in [0.25, 0.3) is 5.91 Å². The zero-order valence-electron chi connectivity index (χ0n) is 23.0. The number of benzene rings is 1. The van der Waals surface area contributed by atoms with E-state index in [1.165, 1.54) is 19.8 Å². The molecule has 2 heterocycles. The third-order valence-corrected chi connectivity index (χ3v) is 9.62. The number of ether oxygens (including phenoxy) is 1. The molecule has 2 aromatic heterocycles. The van der Waals surface area contributed by atoms with Crippen molar-refractivity contribution in [1.82, 2.24) is 30.5 Å². The summed E-state index contributed by atoms with van der Waals surface area (Å²) in [6, 6.07) is 1.77. The minimum atomic E-state index is -4.91. The van der Waals surface area contributed by atoms with Gasteiger partial charge in [0.05, 0.1) is 18.6 Å². The molecule has 11 nitrogen and oxygen atoms in total. The van der Waals surface area contributed by atoms with E-state index >= 15 is 0 Å². The van der Waals surface area contributed by atoms with Crippen molar-refractivity contribution in [3.63, 3.8) is 0 Å². The quantitative estimate of drug-likeness (QED) is 0.286. The van der Waals surface area contributed by atoms with Gasteiger partial charge in [0.2, 0.25) is 11.8 Å². The number of aromatic amines is 1. The number of methoxy groups -OCH3 is 1. The third-order valence-electron chi connectivity index (χ3n) is 9.62.